The molecular weight excluding hydrogens is 599 g/mol. The molecule has 150 valence electrons. The summed E-state index contributed by atoms with van der Waals surface area (Å²) in [7, 11) is 0. The maximum atomic E-state index is 13.8. The zero-order valence-corrected chi connectivity index (χ0v) is 20.6. The molecule has 0 amide bonds. The molecule has 1 aromatic carbocycles. The van der Waals surface area contributed by atoms with Crippen LogP contribution in [0.4, 0.5) is 13.2 Å². The van der Waals surface area contributed by atoms with Crippen LogP contribution >= 0.6 is 45.2 Å². The zero-order chi connectivity index (χ0) is 21.4. The van der Waals surface area contributed by atoms with E-state index in [9.17, 15) is 13.2 Å². The Morgan fingerprint density at radius 1 is 1.03 bits per heavy atom. The summed E-state index contributed by atoms with van der Waals surface area (Å²) in [6.07, 6.45) is 4.17. The van der Waals surface area contributed by atoms with Gasteiger partial charge < -0.3 is 0 Å². The van der Waals surface area contributed by atoms with E-state index < -0.39 is 11.7 Å². The average Bonchev–Trinajstić information content (AvgIpc) is 2.63. The molecule has 1 unspecified atom stereocenters. The first-order valence-corrected chi connectivity index (χ1v) is 11.4. The van der Waals surface area contributed by atoms with E-state index in [2.05, 4.69) is 77.8 Å². The lowest BCUT2D eigenvalue weighted by Crippen LogP contribution is -2.17. The summed E-state index contributed by atoms with van der Waals surface area (Å²) >= 11 is 4.46. The first kappa shape index (κ1) is 22.5. The van der Waals surface area contributed by atoms with Crippen LogP contribution in [-0.2, 0) is 0 Å². The Morgan fingerprint density at radius 3 is 2.24 bits per heavy atom. The second-order valence-corrected chi connectivity index (χ2v) is 10.4. The van der Waals surface area contributed by atoms with Gasteiger partial charge in [0.2, 0.25) is 0 Å². The molecular formula is C24H20F3I2+. The Kier molecular flexibility index (Phi) is 6.61. The highest BCUT2D eigenvalue weighted by molar-refractivity contribution is 14.1. The third-order valence-electron chi connectivity index (χ3n) is 4.71. The number of allylic oxidation sites excluding steroid dienone is 9. The van der Waals surface area contributed by atoms with Gasteiger partial charge in [-0.15, -0.1) is 0 Å². The van der Waals surface area contributed by atoms with Gasteiger partial charge in [-0.3, -0.25) is 0 Å². The number of halogens is 5. The van der Waals surface area contributed by atoms with Gasteiger partial charge in [0.15, 0.2) is 11.1 Å². The second-order valence-electron chi connectivity index (χ2n) is 7.93. The maximum Gasteiger partial charge on any atom is 0.456 e. The zero-order valence-electron chi connectivity index (χ0n) is 16.2. The third kappa shape index (κ3) is 5.30. The van der Waals surface area contributed by atoms with Crippen molar-refractivity contribution in [3.63, 3.8) is 0 Å². The minimum atomic E-state index is -4.45. The van der Waals surface area contributed by atoms with Crippen LogP contribution in [0.5, 0.6) is 0 Å². The molecule has 0 saturated carbocycles. The van der Waals surface area contributed by atoms with Gasteiger partial charge in [-0.25, -0.2) is 0 Å². The van der Waals surface area contributed by atoms with Crippen LogP contribution in [0.15, 0.2) is 86.2 Å². The first-order chi connectivity index (χ1) is 13.5. The SMILES string of the molecule is CC(C)(C)C1=CC(I)C(=C=C2[CH+]C=C(c3ccccc3)C=C2C(F)(F)F)C(I)=C1. The number of benzene rings is 1. The molecule has 3 rings (SSSR count). The molecule has 5 heteroatoms. The number of alkyl halides is 4. The molecule has 0 N–H and O–H groups in total. The van der Waals surface area contributed by atoms with Gasteiger partial charge in [-0.1, -0.05) is 67.6 Å². The largest absolute Gasteiger partial charge is 0.456 e. The van der Waals surface area contributed by atoms with Crippen LogP contribution in [0, 0.1) is 11.8 Å². The van der Waals surface area contributed by atoms with Crippen molar-refractivity contribution >= 4 is 50.8 Å². The van der Waals surface area contributed by atoms with E-state index in [4.69, 9.17) is 0 Å². The molecule has 0 aliphatic heterocycles. The lowest BCUT2D eigenvalue weighted by Gasteiger charge is -2.25. The highest BCUT2D eigenvalue weighted by Crippen LogP contribution is 2.41. The van der Waals surface area contributed by atoms with Gasteiger partial charge >= 0.3 is 6.18 Å². The molecule has 1 aromatic rings. The van der Waals surface area contributed by atoms with Gasteiger partial charge in [-0.05, 0) is 51.8 Å². The summed E-state index contributed by atoms with van der Waals surface area (Å²) in [4.78, 5) is 0. The summed E-state index contributed by atoms with van der Waals surface area (Å²) in [5, 5.41) is 0. The second kappa shape index (κ2) is 8.52. The lowest BCUT2D eigenvalue weighted by atomic mass is 9.82. The summed E-state index contributed by atoms with van der Waals surface area (Å²) in [6, 6.07) is 9.10. The molecule has 1 atom stereocenters. The predicted octanol–water partition coefficient (Wildman–Crippen LogP) is 8.34. The molecule has 0 saturated heterocycles. The Morgan fingerprint density at radius 2 is 1.69 bits per heavy atom. The van der Waals surface area contributed by atoms with Crippen molar-refractivity contribution in [1.29, 1.82) is 0 Å². The lowest BCUT2D eigenvalue weighted by molar-refractivity contribution is -0.0891. The van der Waals surface area contributed by atoms with Crippen molar-refractivity contribution in [1.82, 2.24) is 0 Å². The fourth-order valence-electron chi connectivity index (χ4n) is 3.07. The van der Waals surface area contributed by atoms with Gasteiger partial charge in [0, 0.05) is 33.4 Å². The minimum Gasteiger partial charge on any atom is -0.157 e. The Bertz CT molecular complexity index is 991. The molecule has 0 bridgehead atoms. The fraction of sp³-hybridized carbons (Fsp3) is 0.250. The first-order valence-electron chi connectivity index (χ1n) is 9.11. The van der Waals surface area contributed by atoms with E-state index in [0.717, 1.165) is 14.7 Å². The van der Waals surface area contributed by atoms with E-state index in [1.54, 1.807) is 6.08 Å². The summed E-state index contributed by atoms with van der Waals surface area (Å²) in [6.45, 7) is 6.39. The van der Waals surface area contributed by atoms with Gasteiger partial charge in [0.05, 0.1) is 15.1 Å². The number of rotatable bonds is 1. The van der Waals surface area contributed by atoms with Crippen LogP contribution in [0.25, 0.3) is 5.57 Å². The van der Waals surface area contributed by atoms with Gasteiger partial charge in [-0.2, -0.15) is 13.2 Å². The van der Waals surface area contributed by atoms with Gasteiger partial charge in [0.25, 0.3) is 0 Å². The normalized spacial score (nSPS) is 20.2. The van der Waals surface area contributed by atoms with Crippen molar-refractivity contribution in [3.05, 3.63) is 98.2 Å². The molecule has 0 fully saturated rings. The van der Waals surface area contributed by atoms with E-state index in [-0.39, 0.29) is 14.9 Å². The average molecular weight is 619 g/mol. The van der Waals surface area contributed by atoms with Crippen molar-refractivity contribution in [3.8, 4) is 0 Å². The predicted molar refractivity (Wildman–Crippen MR) is 131 cm³/mol. The third-order valence-corrected chi connectivity index (χ3v) is 6.58. The van der Waals surface area contributed by atoms with Crippen molar-refractivity contribution in [2.24, 2.45) is 5.41 Å². The highest BCUT2D eigenvalue weighted by Gasteiger charge is 2.43. The molecule has 0 spiro atoms. The molecule has 0 radical (unpaired) electrons. The Hall–Kier alpha value is -1.18. The van der Waals surface area contributed by atoms with E-state index in [0.29, 0.717) is 5.57 Å². The molecule has 2 aliphatic rings. The molecule has 0 nitrogen and oxygen atoms in total. The highest BCUT2D eigenvalue weighted by atomic mass is 127. The number of hydrogen-bond donors (Lipinski definition) is 0. The minimum absolute atomic E-state index is 0.0141. The van der Waals surface area contributed by atoms with Crippen LogP contribution in [0.1, 0.15) is 26.3 Å². The molecule has 0 aromatic heterocycles. The summed E-state index contributed by atoms with van der Waals surface area (Å²) < 4.78 is 42.4. The van der Waals surface area contributed by atoms with E-state index in [1.807, 2.05) is 36.4 Å². The van der Waals surface area contributed by atoms with E-state index >= 15 is 0 Å². The monoisotopic (exact) mass is 619 g/mol. The fourth-order valence-corrected chi connectivity index (χ4v) is 5.35. The molecule has 2 aliphatic carbocycles. The Labute approximate surface area is 197 Å². The van der Waals surface area contributed by atoms with Gasteiger partial charge in [0.1, 0.15) is 0 Å². The molecule has 0 heterocycles. The van der Waals surface area contributed by atoms with E-state index in [1.165, 1.54) is 18.1 Å². The van der Waals surface area contributed by atoms with Crippen LogP contribution in [0.3, 0.4) is 0 Å². The van der Waals surface area contributed by atoms with Crippen molar-refractivity contribution in [2.45, 2.75) is 30.9 Å². The number of hydrogen-bond acceptors (Lipinski definition) is 0. The smallest absolute Gasteiger partial charge is 0.157 e. The van der Waals surface area contributed by atoms with Crippen molar-refractivity contribution < 1.29 is 13.2 Å². The summed E-state index contributed by atoms with van der Waals surface area (Å²) in [5.41, 5.74) is 5.73. The van der Waals surface area contributed by atoms with Crippen LogP contribution in [0.2, 0.25) is 0 Å². The maximum absolute atomic E-state index is 13.8. The molecule has 29 heavy (non-hydrogen) atoms. The van der Waals surface area contributed by atoms with Crippen LogP contribution in [-0.4, -0.2) is 10.1 Å². The standard InChI is InChI=1S/C24H20F3I2/c1-23(2,3)18-13-21(28)19(22(29)14-18)11-17-10-9-16(12-20(17)24(25,26)27)15-7-5-4-6-8-15/h4-10,12-14,21H,1-3H3/q+1. The topological polar surface area (TPSA) is 0 Å². The summed E-state index contributed by atoms with van der Waals surface area (Å²) in [5.74, 6) is 0. The van der Waals surface area contributed by atoms with Crippen LogP contribution < -0.4 is 0 Å². The van der Waals surface area contributed by atoms with Crippen molar-refractivity contribution in [2.75, 3.05) is 0 Å². The Balaban J connectivity index is 2.08. The quantitative estimate of drug-likeness (QED) is 0.128.